The smallest absolute Gasteiger partial charge is 0.344 e. The molecule has 0 radical (unpaired) electrons. The minimum Gasteiger partial charge on any atom is -0.468 e. The highest BCUT2D eigenvalue weighted by molar-refractivity contribution is 7.97. The Hall–Kier alpha value is -1.02. The van der Waals surface area contributed by atoms with Crippen molar-refractivity contribution in [3.05, 3.63) is 0 Å². The number of carbonyl (C=O) groups is 1. The lowest BCUT2D eigenvalue weighted by atomic mass is 10.1. The van der Waals surface area contributed by atoms with Gasteiger partial charge in [-0.1, -0.05) is 0 Å². The van der Waals surface area contributed by atoms with Crippen LogP contribution in [-0.2, 0) is 4.74 Å². The number of hydrogen-bond acceptors (Lipinski definition) is 5. The number of rotatable bonds is 0. The zero-order valence-corrected chi connectivity index (χ0v) is 14.0. The molecule has 0 aromatic heterocycles. The van der Waals surface area contributed by atoms with Gasteiger partial charge in [-0.25, -0.2) is 4.79 Å². The predicted octanol–water partition coefficient (Wildman–Crippen LogP) is 2.41. The summed E-state index contributed by atoms with van der Waals surface area (Å²) in [5, 5.41) is 11.0. The third-order valence-electron chi connectivity index (χ3n) is 2.49. The maximum atomic E-state index is 12.5. The fourth-order valence-electron chi connectivity index (χ4n) is 1.59. The quantitative estimate of drug-likeness (QED) is 0.311. The molecule has 20 heavy (non-hydrogen) atoms. The van der Waals surface area contributed by atoms with Gasteiger partial charge in [0.1, 0.15) is 0 Å². The van der Waals surface area contributed by atoms with E-state index in [1.807, 2.05) is 20.8 Å². The van der Waals surface area contributed by atoms with Gasteiger partial charge in [-0.3, -0.25) is 9.71 Å². The van der Waals surface area contributed by atoms with Gasteiger partial charge in [-0.15, -0.1) is 0 Å². The van der Waals surface area contributed by atoms with Crippen molar-refractivity contribution in [3.8, 4) is 0 Å². The monoisotopic (exact) mass is 318 g/mol. The zero-order chi connectivity index (χ0) is 15.3. The molecule has 2 N–H and O–H groups in total. The molecule has 1 heterocycles. The van der Waals surface area contributed by atoms with Crippen LogP contribution in [0.1, 0.15) is 33.6 Å². The molecule has 0 aromatic rings. The molecule has 0 atom stereocenters. The molecule has 0 unspecified atom stereocenters. The highest BCUT2D eigenvalue weighted by Crippen LogP contribution is 2.21. The fraction of sp³-hybridized carbons (Fsp3) is 0.750. The highest BCUT2D eigenvalue weighted by atomic mass is 32.2. The lowest BCUT2D eigenvalue weighted by Crippen LogP contribution is -2.55. The van der Waals surface area contributed by atoms with E-state index in [9.17, 15) is 4.79 Å². The molecule has 0 spiro atoms. The topological polar surface area (TPSA) is 68.7 Å². The van der Waals surface area contributed by atoms with Crippen LogP contribution in [-0.4, -0.2) is 51.3 Å². The van der Waals surface area contributed by atoms with Crippen molar-refractivity contribution in [2.24, 2.45) is 0 Å². The molecule has 1 saturated heterocycles. The number of nitrogens with zero attached hydrogens (tertiary/aromatic N) is 2. The van der Waals surface area contributed by atoms with Crippen LogP contribution in [0.2, 0.25) is 0 Å². The van der Waals surface area contributed by atoms with Crippen molar-refractivity contribution >= 4 is 41.3 Å². The minimum absolute atomic E-state index is 0.181. The Kier molecular flexibility index (Phi) is 6.07. The summed E-state index contributed by atoms with van der Waals surface area (Å²) in [7, 11) is 1.35. The molecule has 1 rings (SSSR count). The van der Waals surface area contributed by atoms with E-state index in [4.69, 9.17) is 22.4 Å². The lowest BCUT2D eigenvalue weighted by molar-refractivity contribution is 0.207. The van der Waals surface area contributed by atoms with Gasteiger partial charge in [-0.2, -0.15) is 4.90 Å². The second-order valence-electron chi connectivity index (χ2n) is 5.45. The van der Waals surface area contributed by atoms with E-state index in [0.717, 1.165) is 23.5 Å². The first-order valence-corrected chi connectivity index (χ1v) is 7.80. The number of carbonyl (C=O) groups excluding carboxylic acids is 1. The van der Waals surface area contributed by atoms with Crippen molar-refractivity contribution in [2.75, 3.05) is 19.4 Å². The standard InChI is InChI=1S/C12H22N4O2S2/c1-12(2,3)14-10(19)16(9(13)18-4)11(17)15-7-5-6-8-20-15/h13H,5-8H2,1-4H3,(H,14,19). The summed E-state index contributed by atoms with van der Waals surface area (Å²) >= 11 is 6.71. The minimum atomic E-state index is -0.330. The van der Waals surface area contributed by atoms with E-state index < -0.39 is 0 Å². The van der Waals surface area contributed by atoms with Crippen LogP contribution in [0.15, 0.2) is 0 Å². The molecule has 1 fully saturated rings. The summed E-state index contributed by atoms with van der Waals surface area (Å²) in [6.45, 7) is 6.48. The maximum absolute atomic E-state index is 12.5. The summed E-state index contributed by atoms with van der Waals surface area (Å²) in [6, 6.07) is -0.605. The molecule has 114 valence electrons. The average Bonchev–Trinajstić information content (AvgIpc) is 2.37. The van der Waals surface area contributed by atoms with Crippen LogP contribution < -0.4 is 5.32 Å². The van der Waals surface area contributed by atoms with Gasteiger partial charge in [0.2, 0.25) is 0 Å². The fourth-order valence-corrected chi connectivity index (χ4v) is 3.06. The normalized spacial score (nSPS) is 15.5. The van der Waals surface area contributed by atoms with Crippen LogP contribution in [0.5, 0.6) is 0 Å². The second-order valence-corrected chi connectivity index (χ2v) is 6.94. The highest BCUT2D eigenvalue weighted by Gasteiger charge is 2.31. The molecule has 0 aromatic carbocycles. The molecular formula is C12H22N4O2S2. The molecular weight excluding hydrogens is 296 g/mol. The second kappa shape index (κ2) is 7.12. The number of hydrogen-bond donors (Lipinski definition) is 2. The van der Waals surface area contributed by atoms with Crippen molar-refractivity contribution in [2.45, 2.75) is 39.2 Å². The molecule has 1 aliphatic heterocycles. The first-order valence-electron chi connectivity index (χ1n) is 6.45. The largest absolute Gasteiger partial charge is 0.468 e. The van der Waals surface area contributed by atoms with E-state index in [2.05, 4.69) is 5.32 Å². The Bertz CT molecular complexity index is 389. The Balaban J connectivity index is 2.85. The number of nitrogens with one attached hydrogen (secondary N) is 2. The SMILES string of the molecule is COC(=N)N(C(=O)N1CCCCS1)C(=S)NC(C)(C)C. The van der Waals surface area contributed by atoms with Gasteiger partial charge in [0.15, 0.2) is 5.11 Å². The first-order chi connectivity index (χ1) is 9.26. The summed E-state index contributed by atoms with van der Waals surface area (Å²) < 4.78 is 6.52. The van der Waals surface area contributed by atoms with Gasteiger partial charge in [0, 0.05) is 17.8 Å². The Labute approximate surface area is 129 Å². The van der Waals surface area contributed by atoms with Gasteiger partial charge in [0.25, 0.3) is 6.02 Å². The Morgan fingerprint density at radius 1 is 1.45 bits per heavy atom. The first kappa shape index (κ1) is 17.0. The van der Waals surface area contributed by atoms with Crippen LogP contribution >= 0.6 is 24.2 Å². The molecule has 6 nitrogen and oxygen atoms in total. The number of thiocarbonyl (C=S) groups is 1. The third kappa shape index (κ3) is 4.82. The average molecular weight is 318 g/mol. The molecule has 8 heteroatoms. The number of ether oxygens (including phenoxy) is 1. The molecule has 1 aliphatic rings. The molecule has 0 aliphatic carbocycles. The van der Waals surface area contributed by atoms with E-state index >= 15 is 0 Å². The zero-order valence-electron chi connectivity index (χ0n) is 12.4. The van der Waals surface area contributed by atoms with Crippen molar-refractivity contribution in [1.82, 2.24) is 14.5 Å². The maximum Gasteiger partial charge on any atom is 0.344 e. The van der Waals surface area contributed by atoms with Gasteiger partial charge < -0.3 is 10.1 Å². The van der Waals surface area contributed by atoms with Crippen LogP contribution in [0.4, 0.5) is 4.79 Å². The molecule has 0 bridgehead atoms. The van der Waals surface area contributed by atoms with Gasteiger partial charge >= 0.3 is 6.03 Å². The van der Waals surface area contributed by atoms with Crippen LogP contribution in [0.25, 0.3) is 0 Å². The summed E-state index contributed by atoms with van der Waals surface area (Å²) in [6.07, 6.45) is 2.06. The summed E-state index contributed by atoms with van der Waals surface area (Å²) in [5.41, 5.74) is -0.293. The Morgan fingerprint density at radius 2 is 2.10 bits per heavy atom. The van der Waals surface area contributed by atoms with Crippen molar-refractivity contribution < 1.29 is 9.53 Å². The van der Waals surface area contributed by atoms with Crippen molar-refractivity contribution in [1.29, 1.82) is 5.41 Å². The van der Waals surface area contributed by atoms with Crippen LogP contribution in [0, 0.1) is 5.41 Å². The molecule has 0 saturated carbocycles. The predicted molar refractivity (Wildman–Crippen MR) is 85.9 cm³/mol. The number of amides is 2. The summed E-state index contributed by atoms with van der Waals surface area (Å²) in [4.78, 5) is 13.6. The van der Waals surface area contributed by atoms with E-state index in [0.29, 0.717) is 6.54 Å². The van der Waals surface area contributed by atoms with E-state index in [1.54, 1.807) is 4.31 Å². The van der Waals surface area contributed by atoms with Gasteiger partial charge in [-0.05, 0) is 57.8 Å². The Morgan fingerprint density at radius 3 is 2.55 bits per heavy atom. The number of methoxy groups -OCH3 is 1. The summed E-state index contributed by atoms with van der Waals surface area (Å²) in [5.74, 6) is 0.902. The van der Waals surface area contributed by atoms with Crippen LogP contribution in [0.3, 0.4) is 0 Å². The number of amidine groups is 1. The lowest BCUT2D eigenvalue weighted by Gasteiger charge is -2.33. The number of urea groups is 1. The molecule has 2 amide bonds. The van der Waals surface area contributed by atoms with E-state index in [1.165, 1.54) is 19.1 Å². The van der Waals surface area contributed by atoms with Gasteiger partial charge in [0.05, 0.1) is 7.11 Å². The van der Waals surface area contributed by atoms with Crippen molar-refractivity contribution in [3.63, 3.8) is 0 Å². The third-order valence-corrected chi connectivity index (χ3v) is 3.90. The van der Waals surface area contributed by atoms with E-state index in [-0.39, 0.29) is 22.7 Å².